The lowest BCUT2D eigenvalue weighted by Gasteiger charge is -2.06. The number of anilines is 1. The molecule has 0 aliphatic heterocycles. The summed E-state index contributed by atoms with van der Waals surface area (Å²) in [5, 5.41) is 2.99. The number of aromatic nitrogens is 1. The van der Waals surface area contributed by atoms with E-state index in [1.165, 1.54) is 10.3 Å². The lowest BCUT2D eigenvalue weighted by molar-refractivity contribution is 0.102. The van der Waals surface area contributed by atoms with E-state index in [9.17, 15) is 4.79 Å². The number of rotatable bonds is 2. The maximum Gasteiger partial charge on any atom is 0.258 e. The van der Waals surface area contributed by atoms with Crippen molar-refractivity contribution >= 4 is 33.1 Å². The average Bonchev–Trinajstić information content (AvgIpc) is 2.86. The molecule has 0 unspecified atom stereocenters. The van der Waals surface area contributed by atoms with Gasteiger partial charge in [-0.3, -0.25) is 4.79 Å². The Labute approximate surface area is 128 Å². The zero-order chi connectivity index (χ0) is 15.1. The van der Waals surface area contributed by atoms with Crippen molar-refractivity contribution in [2.45, 2.75) is 27.7 Å². The van der Waals surface area contributed by atoms with Gasteiger partial charge in [0.1, 0.15) is 0 Å². The summed E-state index contributed by atoms with van der Waals surface area (Å²) >= 11 is 1.68. The van der Waals surface area contributed by atoms with Crippen LogP contribution in [-0.2, 0) is 0 Å². The van der Waals surface area contributed by atoms with Crippen molar-refractivity contribution in [2.24, 2.45) is 0 Å². The third-order valence-electron chi connectivity index (χ3n) is 3.80. The minimum Gasteiger partial charge on any atom is -0.357 e. The molecule has 2 aromatic heterocycles. The maximum absolute atomic E-state index is 12.6. The minimum atomic E-state index is -0.0504. The number of aryl methyl sites for hydroxylation is 4. The number of carbonyl (C=O) groups excluding carboxylic acids is 1. The highest BCUT2D eigenvalue weighted by Crippen LogP contribution is 2.34. The topological polar surface area (TPSA) is 44.9 Å². The van der Waals surface area contributed by atoms with E-state index in [4.69, 9.17) is 0 Å². The summed E-state index contributed by atoms with van der Waals surface area (Å²) in [7, 11) is 0. The van der Waals surface area contributed by atoms with Crippen molar-refractivity contribution in [1.29, 1.82) is 0 Å². The van der Waals surface area contributed by atoms with Crippen LogP contribution < -0.4 is 5.32 Å². The predicted octanol–water partition coefficient (Wildman–Crippen LogP) is 4.72. The molecule has 0 aliphatic rings. The molecule has 0 radical (unpaired) electrons. The third kappa shape index (κ3) is 2.36. The number of fused-ring (bicyclic) bond motifs is 1. The van der Waals surface area contributed by atoms with Gasteiger partial charge < -0.3 is 10.3 Å². The summed E-state index contributed by atoms with van der Waals surface area (Å²) in [6.07, 6.45) is 0. The minimum absolute atomic E-state index is 0.0504. The zero-order valence-corrected chi connectivity index (χ0v) is 13.4. The Morgan fingerprint density at radius 2 is 1.95 bits per heavy atom. The van der Waals surface area contributed by atoms with E-state index in [0.29, 0.717) is 0 Å². The Hall–Kier alpha value is -2.07. The van der Waals surface area contributed by atoms with Gasteiger partial charge in [0, 0.05) is 16.3 Å². The van der Waals surface area contributed by atoms with Crippen molar-refractivity contribution in [3.8, 4) is 0 Å². The molecule has 3 aromatic rings. The first kappa shape index (κ1) is 13.9. The number of hydrogen-bond acceptors (Lipinski definition) is 2. The number of amides is 1. The Morgan fingerprint density at radius 1 is 1.19 bits per heavy atom. The van der Waals surface area contributed by atoms with Gasteiger partial charge in [-0.15, -0.1) is 11.3 Å². The first-order valence-corrected chi connectivity index (χ1v) is 7.75. The Balaban J connectivity index is 2.01. The second kappa shape index (κ2) is 5.04. The Bertz CT molecular complexity index is 842. The number of hydrogen-bond donors (Lipinski definition) is 2. The van der Waals surface area contributed by atoms with Crippen LogP contribution in [0.4, 0.5) is 5.69 Å². The molecule has 0 bridgehead atoms. The number of carbonyl (C=O) groups is 1. The lowest BCUT2D eigenvalue weighted by Crippen LogP contribution is -2.12. The van der Waals surface area contributed by atoms with E-state index in [-0.39, 0.29) is 5.91 Å². The summed E-state index contributed by atoms with van der Waals surface area (Å²) in [4.78, 5) is 17.0. The molecule has 2 N–H and O–H groups in total. The second-order valence-corrected chi connectivity index (χ2v) is 6.66. The number of H-pyrrole nitrogens is 1. The van der Waals surface area contributed by atoms with Gasteiger partial charge in [-0.25, -0.2) is 0 Å². The molecule has 0 aliphatic carbocycles. The average molecular weight is 298 g/mol. The van der Waals surface area contributed by atoms with Crippen molar-refractivity contribution in [3.63, 3.8) is 0 Å². The standard InChI is InChI=1S/C17H18N2OS/c1-9-6-5-7-13(8-9)19-17(20)14-12(4)21-16-10(2)11(3)18-15(14)16/h5-8,18H,1-4H3,(H,19,20). The van der Waals surface area contributed by atoms with Gasteiger partial charge in [-0.1, -0.05) is 12.1 Å². The van der Waals surface area contributed by atoms with Gasteiger partial charge in [0.2, 0.25) is 0 Å². The fourth-order valence-corrected chi connectivity index (χ4v) is 3.73. The maximum atomic E-state index is 12.6. The van der Waals surface area contributed by atoms with Crippen molar-refractivity contribution in [3.05, 3.63) is 51.5 Å². The molecule has 1 amide bonds. The Kier molecular flexibility index (Phi) is 3.33. The first-order valence-electron chi connectivity index (χ1n) is 6.93. The molecule has 0 saturated heterocycles. The van der Waals surface area contributed by atoms with Crippen LogP contribution in [0.25, 0.3) is 10.2 Å². The molecular formula is C17H18N2OS. The fourth-order valence-electron chi connectivity index (χ4n) is 2.57. The molecule has 0 fully saturated rings. The first-order chi connectivity index (χ1) is 9.97. The molecule has 21 heavy (non-hydrogen) atoms. The van der Waals surface area contributed by atoms with Crippen LogP contribution in [0.5, 0.6) is 0 Å². The monoisotopic (exact) mass is 298 g/mol. The zero-order valence-electron chi connectivity index (χ0n) is 12.6. The summed E-state index contributed by atoms with van der Waals surface area (Å²) in [5.41, 5.74) is 6.03. The van der Waals surface area contributed by atoms with Crippen LogP contribution in [0, 0.1) is 27.7 Å². The van der Waals surface area contributed by atoms with Crippen LogP contribution in [0.15, 0.2) is 24.3 Å². The van der Waals surface area contributed by atoms with E-state index < -0.39 is 0 Å². The molecule has 0 spiro atoms. The van der Waals surface area contributed by atoms with Crippen LogP contribution in [-0.4, -0.2) is 10.9 Å². The van der Waals surface area contributed by atoms with Gasteiger partial charge in [-0.05, 0) is 51.0 Å². The highest BCUT2D eigenvalue weighted by molar-refractivity contribution is 7.19. The lowest BCUT2D eigenvalue weighted by atomic mass is 10.2. The van der Waals surface area contributed by atoms with Gasteiger partial charge in [0.25, 0.3) is 5.91 Å². The number of benzene rings is 1. The summed E-state index contributed by atoms with van der Waals surface area (Å²) < 4.78 is 1.18. The Morgan fingerprint density at radius 3 is 2.67 bits per heavy atom. The highest BCUT2D eigenvalue weighted by Gasteiger charge is 2.20. The van der Waals surface area contributed by atoms with Crippen LogP contribution in [0.2, 0.25) is 0 Å². The van der Waals surface area contributed by atoms with E-state index in [0.717, 1.165) is 32.9 Å². The molecule has 108 valence electrons. The van der Waals surface area contributed by atoms with E-state index in [1.54, 1.807) is 11.3 Å². The van der Waals surface area contributed by atoms with Gasteiger partial charge in [0.15, 0.2) is 0 Å². The van der Waals surface area contributed by atoms with Crippen molar-refractivity contribution in [1.82, 2.24) is 4.98 Å². The largest absolute Gasteiger partial charge is 0.357 e. The van der Waals surface area contributed by atoms with Crippen molar-refractivity contribution < 1.29 is 4.79 Å². The second-order valence-electron chi connectivity index (χ2n) is 5.44. The van der Waals surface area contributed by atoms with Gasteiger partial charge in [-0.2, -0.15) is 0 Å². The SMILES string of the molecule is Cc1cccc(NC(=O)c2c(C)sc3c(C)c(C)[nH]c23)c1. The highest BCUT2D eigenvalue weighted by atomic mass is 32.1. The quantitative estimate of drug-likeness (QED) is 0.706. The molecule has 0 atom stereocenters. The van der Waals surface area contributed by atoms with E-state index >= 15 is 0 Å². The third-order valence-corrected chi connectivity index (χ3v) is 5.03. The number of aromatic amines is 1. The summed E-state index contributed by atoms with van der Waals surface area (Å²) in [6, 6.07) is 7.85. The van der Waals surface area contributed by atoms with Crippen LogP contribution >= 0.6 is 11.3 Å². The van der Waals surface area contributed by atoms with Crippen molar-refractivity contribution in [2.75, 3.05) is 5.32 Å². The predicted molar refractivity (Wildman–Crippen MR) is 89.5 cm³/mol. The molecule has 4 heteroatoms. The molecule has 0 saturated carbocycles. The smallest absolute Gasteiger partial charge is 0.258 e. The van der Waals surface area contributed by atoms with E-state index in [1.807, 2.05) is 45.0 Å². The van der Waals surface area contributed by atoms with E-state index in [2.05, 4.69) is 17.2 Å². The summed E-state index contributed by atoms with van der Waals surface area (Å²) in [6.45, 7) is 8.14. The molecule has 1 aromatic carbocycles. The van der Waals surface area contributed by atoms with Gasteiger partial charge >= 0.3 is 0 Å². The molecular weight excluding hydrogens is 280 g/mol. The fraction of sp³-hybridized carbons (Fsp3) is 0.235. The molecule has 3 nitrogen and oxygen atoms in total. The molecule has 2 heterocycles. The van der Waals surface area contributed by atoms with Gasteiger partial charge in [0.05, 0.1) is 15.8 Å². The van der Waals surface area contributed by atoms with Crippen LogP contribution in [0.3, 0.4) is 0 Å². The number of nitrogens with one attached hydrogen (secondary N) is 2. The van der Waals surface area contributed by atoms with Crippen LogP contribution in [0.1, 0.15) is 32.1 Å². The molecule has 3 rings (SSSR count). The number of thiophene rings is 1. The summed E-state index contributed by atoms with van der Waals surface area (Å²) in [5.74, 6) is -0.0504. The normalized spacial score (nSPS) is 11.0.